The summed E-state index contributed by atoms with van der Waals surface area (Å²) in [6.45, 7) is 3.03. The summed E-state index contributed by atoms with van der Waals surface area (Å²) < 4.78 is 6.84. The first-order chi connectivity index (χ1) is 14.6. The van der Waals surface area contributed by atoms with Gasteiger partial charge in [0.1, 0.15) is 6.61 Å². The molecule has 0 aliphatic rings. The summed E-state index contributed by atoms with van der Waals surface area (Å²) in [4.78, 5) is 33.3. The Bertz CT molecular complexity index is 1060. The number of pyridine rings is 1. The maximum absolute atomic E-state index is 12.6. The molecule has 0 bridgehead atoms. The second-order valence-electron chi connectivity index (χ2n) is 6.66. The topological polar surface area (TPSA) is 85.6 Å². The molecule has 3 rings (SSSR count). The van der Waals surface area contributed by atoms with Crippen LogP contribution in [0.5, 0.6) is 0 Å². The molecule has 1 N–H and O–H groups in total. The van der Waals surface area contributed by atoms with Crippen LogP contribution in [-0.2, 0) is 16.1 Å². The zero-order valence-electron chi connectivity index (χ0n) is 17.0. The number of thiazole rings is 1. The van der Waals surface area contributed by atoms with Gasteiger partial charge in [-0.2, -0.15) is 4.99 Å². The van der Waals surface area contributed by atoms with Gasteiger partial charge in [-0.15, -0.1) is 11.3 Å². The van der Waals surface area contributed by atoms with Crippen LogP contribution in [0.2, 0.25) is 0 Å². The van der Waals surface area contributed by atoms with Crippen LogP contribution < -0.4 is 10.1 Å². The highest BCUT2D eigenvalue weighted by Gasteiger charge is 2.11. The maximum Gasteiger partial charge on any atom is 0.281 e. The number of nitrogens with one attached hydrogen (secondary N) is 1. The van der Waals surface area contributed by atoms with Crippen molar-refractivity contribution in [3.8, 4) is 11.3 Å². The number of carbonyl (C=O) groups excluding carboxylic acids is 2. The smallest absolute Gasteiger partial charge is 0.281 e. The van der Waals surface area contributed by atoms with Crippen molar-refractivity contribution >= 4 is 23.2 Å². The van der Waals surface area contributed by atoms with Crippen molar-refractivity contribution in [3.63, 3.8) is 0 Å². The molecule has 30 heavy (non-hydrogen) atoms. The summed E-state index contributed by atoms with van der Waals surface area (Å²) in [5, 5.41) is 4.82. The van der Waals surface area contributed by atoms with Crippen molar-refractivity contribution in [1.29, 1.82) is 0 Å². The van der Waals surface area contributed by atoms with Crippen molar-refractivity contribution in [1.82, 2.24) is 14.9 Å². The average molecular weight is 425 g/mol. The van der Waals surface area contributed by atoms with E-state index in [2.05, 4.69) is 15.3 Å². The third-order valence-corrected chi connectivity index (χ3v) is 5.24. The van der Waals surface area contributed by atoms with Gasteiger partial charge in [-0.05, 0) is 31.0 Å². The van der Waals surface area contributed by atoms with E-state index in [0.29, 0.717) is 29.9 Å². The van der Waals surface area contributed by atoms with E-state index in [1.807, 2.05) is 47.2 Å². The monoisotopic (exact) mass is 424 g/mol. The molecule has 7 nitrogen and oxygen atoms in total. The molecule has 2 aromatic heterocycles. The molecule has 8 heteroatoms. The molecule has 3 aromatic rings. The van der Waals surface area contributed by atoms with Crippen LogP contribution in [-0.4, -0.2) is 41.6 Å². The molecule has 156 valence electrons. The van der Waals surface area contributed by atoms with Crippen molar-refractivity contribution < 1.29 is 14.3 Å². The van der Waals surface area contributed by atoms with E-state index in [9.17, 15) is 9.59 Å². The number of methoxy groups -OCH3 is 1. The SMILES string of the molecule is COCC(=O)NCCCn1c(-c2ccccc2)csc1=NC(=O)c1ccc(C)nc1. The van der Waals surface area contributed by atoms with Gasteiger partial charge >= 0.3 is 0 Å². The molecule has 0 unspecified atom stereocenters. The molecule has 2 heterocycles. The zero-order chi connectivity index (χ0) is 21.3. The lowest BCUT2D eigenvalue weighted by Gasteiger charge is -2.10. The number of rotatable bonds is 8. The minimum Gasteiger partial charge on any atom is -0.375 e. The highest BCUT2D eigenvalue weighted by atomic mass is 32.1. The van der Waals surface area contributed by atoms with Gasteiger partial charge in [-0.25, -0.2) is 0 Å². The van der Waals surface area contributed by atoms with E-state index in [1.54, 1.807) is 18.3 Å². The summed E-state index contributed by atoms with van der Waals surface area (Å²) in [6, 6.07) is 13.5. The molecule has 0 saturated heterocycles. The van der Waals surface area contributed by atoms with Crippen LogP contribution in [0.15, 0.2) is 59.0 Å². The lowest BCUT2D eigenvalue weighted by atomic mass is 10.2. The lowest BCUT2D eigenvalue weighted by molar-refractivity contribution is -0.124. The van der Waals surface area contributed by atoms with Gasteiger partial charge in [0.25, 0.3) is 5.91 Å². The number of benzene rings is 1. The zero-order valence-corrected chi connectivity index (χ0v) is 17.8. The molecule has 1 aromatic carbocycles. The molecular formula is C22H24N4O3S. The van der Waals surface area contributed by atoms with E-state index < -0.39 is 0 Å². The fraction of sp³-hybridized carbons (Fsp3) is 0.273. The first-order valence-corrected chi connectivity index (χ1v) is 10.5. The predicted molar refractivity (Wildman–Crippen MR) is 116 cm³/mol. The van der Waals surface area contributed by atoms with Crippen LogP contribution in [0.25, 0.3) is 11.3 Å². The largest absolute Gasteiger partial charge is 0.375 e. The number of nitrogens with zero attached hydrogens (tertiary/aromatic N) is 3. The maximum atomic E-state index is 12.6. The quantitative estimate of drug-likeness (QED) is 0.564. The van der Waals surface area contributed by atoms with Crippen molar-refractivity contribution in [2.75, 3.05) is 20.3 Å². The first-order valence-electron chi connectivity index (χ1n) is 9.59. The van der Waals surface area contributed by atoms with Gasteiger partial charge in [0.15, 0.2) is 4.80 Å². The number of aromatic nitrogens is 2. The minimum absolute atomic E-state index is 0.0422. The molecule has 0 fully saturated rings. The van der Waals surface area contributed by atoms with E-state index >= 15 is 0 Å². The highest BCUT2D eigenvalue weighted by molar-refractivity contribution is 7.07. The van der Waals surface area contributed by atoms with Crippen molar-refractivity contribution in [2.45, 2.75) is 19.9 Å². The number of amides is 2. The van der Waals surface area contributed by atoms with Crippen LogP contribution >= 0.6 is 11.3 Å². The average Bonchev–Trinajstić information content (AvgIpc) is 3.15. The molecule has 0 atom stereocenters. The highest BCUT2D eigenvalue weighted by Crippen LogP contribution is 2.20. The van der Waals surface area contributed by atoms with Crippen molar-refractivity contribution in [3.05, 3.63) is 70.1 Å². The molecule has 0 saturated carbocycles. The Hall–Kier alpha value is -3.10. The van der Waals surface area contributed by atoms with E-state index in [4.69, 9.17) is 4.74 Å². The Kier molecular flexibility index (Phi) is 7.64. The predicted octanol–water partition coefficient (Wildman–Crippen LogP) is 2.81. The Morgan fingerprint density at radius 2 is 2.00 bits per heavy atom. The third-order valence-electron chi connectivity index (χ3n) is 4.38. The summed E-state index contributed by atoms with van der Waals surface area (Å²) >= 11 is 1.42. The van der Waals surface area contributed by atoms with Crippen molar-refractivity contribution in [2.24, 2.45) is 4.99 Å². The number of aryl methyl sites for hydroxylation is 1. The van der Waals surface area contributed by atoms with Gasteiger partial charge in [0.2, 0.25) is 5.91 Å². The van der Waals surface area contributed by atoms with Gasteiger partial charge in [-0.1, -0.05) is 30.3 Å². The van der Waals surface area contributed by atoms with E-state index in [1.165, 1.54) is 18.4 Å². The first kappa shape index (κ1) is 21.6. The molecule has 0 aliphatic heterocycles. The number of ether oxygens (including phenoxy) is 1. The van der Waals surface area contributed by atoms with Crippen LogP contribution in [0.4, 0.5) is 0 Å². The second kappa shape index (κ2) is 10.6. The summed E-state index contributed by atoms with van der Waals surface area (Å²) in [6.07, 6.45) is 2.24. The second-order valence-corrected chi connectivity index (χ2v) is 7.50. The molecule has 0 aliphatic carbocycles. The van der Waals surface area contributed by atoms with E-state index in [0.717, 1.165) is 17.0 Å². The number of hydrogen-bond donors (Lipinski definition) is 1. The Balaban J connectivity index is 1.85. The number of hydrogen-bond acceptors (Lipinski definition) is 5. The molecule has 0 spiro atoms. The Labute approximate surface area is 179 Å². The third kappa shape index (κ3) is 5.71. The summed E-state index contributed by atoms with van der Waals surface area (Å²) in [7, 11) is 1.49. The van der Waals surface area contributed by atoms with Gasteiger partial charge in [-0.3, -0.25) is 14.6 Å². The summed E-state index contributed by atoms with van der Waals surface area (Å²) in [5.41, 5.74) is 3.33. The molecule has 0 radical (unpaired) electrons. The van der Waals surface area contributed by atoms with Crippen LogP contribution in [0.1, 0.15) is 22.5 Å². The van der Waals surface area contributed by atoms with Crippen LogP contribution in [0, 0.1) is 6.92 Å². The van der Waals surface area contributed by atoms with Gasteiger partial charge in [0.05, 0.1) is 11.3 Å². The normalized spacial score (nSPS) is 11.5. The van der Waals surface area contributed by atoms with E-state index in [-0.39, 0.29) is 18.4 Å². The minimum atomic E-state index is -0.328. The molecule has 2 amide bonds. The Morgan fingerprint density at radius 3 is 2.70 bits per heavy atom. The van der Waals surface area contributed by atoms with Crippen LogP contribution in [0.3, 0.4) is 0 Å². The summed E-state index contributed by atoms with van der Waals surface area (Å²) in [5.74, 6) is -0.478. The van der Waals surface area contributed by atoms with Gasteiger partial charge < -0.3 is 14.6 Å². The fourth-order valence-corrected chi connectivity index (χ4v) is 3.80. The number of carbonyl (C=O) groups is 2. The Morgan fingerprint density at radius 1 is 1.20 bits per heavy atom. The van der Waals surface area contributed by atoms with Gasteiger partial charge in [0, 0.05) is 37.5 Å². The molecular weight excluding hydrogens is 400 g/mol. The lowest BCUT2D eigenvalue weighted by Crippen LogP contribution is -2.29. The standard InChI is InChI=1S/C22H24N4O3S/c1-16-9-10-18(13-24-16)21(28)25-22-26(12-6-11-23-20(27)14-29-2)19(15-30-22)17-7-4-3-5-8-17/h3-5,7-10,13,15H,6,11-12,14H2,1-2H3,(H,23,27). The fourth-order valence-electron chi connectivity index (χ4n) is 2.87.